The van der Waals surface area contributed by atoms with Crippen LogP contribution in [0.3, 0.4) is 0 Å². The number of fused-ring (bicyclic) bond motifs is 1. The van der Waals surface area contributed by atoms with Crippen LogP contribution in [0.1, 0.15) is 42.7 Å². The van der Waals surface area contributed by atoms with Crippen LogP contribution < -0.4 is 5.32 Å². The van der Waals surface area contributed by atoms with Crippen LogP contribution in [0.25, 0.3) is 11.1 Å². The van der Waals surface area contributed by atoms with Gasteiger partial charge < -0.3 is 15.2 Å². The molecule has 2 aromatic rings. The highest BCUT2D eigenvalue weighted by Crippen LogP contribution is 2.45. The van der Waals surface area contributed by atoms with E-state index in [4.69, 9.17) is 4.74 Å². The van der Waals surface area contributed by atoms with E-state index in [9.17, 15) is 14.3 Å². The lowest BCUT2D eigenvalue weighted by atomic mass is 9.94. The fourth-order valence-corrected chi connectivity index (χ4v) is 5.44. The second-order valence-corrected chi connectivity index (χ2v) is 9.86. The van der Waals surface area contributed by atoms with E-state index >= 15 is 0 Å². The number of carbonyl (C=O) groups is 1. The normalized spacial score (nSPS) is 23.5. The third kappa shape index (κ3) is 3.82. The summed E-state index contributed by atoms with van der Waals surface area (Å²) in [7, 11) is 0. The summed E-state index contributed by atoms with van der Waals surface area (Å²) in [5.41, 5.74) is 3.11. The van der Waals surface area contributed by atoms with Gasteiger partial charge in [-0.15, -0.1) is 11.3 Å². The lowest BCUT2D eigenvalue weighted by Gasteiger charge is -2.28. The Morgan fingerprint density at radius 3 is 2.84 bits per heavy atom. The van der Waals surface area contributed by atoms with Crippen LogP contribution in [0, 0.1) is 5.82 Å². The molecule has 0 atom stereocenters. The van der Waals surface area contributed by atoms with Gasteiger partial charge in [0.25, 0.3) is 5.91 Å². The molecule has 4 heterocycles. The van der Waals surface area contributed by atoms with E-state index in [1.807, 2.05) is 19.9 Å². The van der Waals surface area contributed by atoms with Crippen molar-refractivity contribution >= 4 is 34.1 Å². The maximum absolute atomic E-state index is 13.6. The molecule has 5 nitrogen and oxygen atoms in total. The SMILES string of the molecule is CC1(C)O/C(=C2/C(=O)Nc3cc(F)ccc32)C=C1c1csc(CN2CCC(O)CC2)c1. The molecule has 0 unspecified atom stereocenters. The minimum absolute atomic E-state index is 0.169. The molecule has 0 bridgehead atoms. The Bertz CT molecular complexity index is 1110. The molecular weight excluding hydrogens is 415 g/mol. The van der Waals surface area contributed by atoms with Crippen molar-refractivity contribution in [2.45, 2.75) is 44.9 Å². The zero-order valence-corrected chi connectivity index (χ0v) is 18.4. The van der Waals surface area contributed by atoms with Gasteiger partial charge in [-0.05, 0) is 68.0 Å². The van der Waals surface area contributed by atoms with Gasteiger partial charge in [-0.3, -0.25) is 9.69 Å². The molecule has 7 heteroatoms. The third-order valence-electron chi connectivity index (χ3n) is 6.16. The predicted octanol–water partition coefficient (Wildman–Crippen LogP) is 4.40. The topological polar surface area (TPSA) is 61.8 Å². The molecule has 1 saturated heterocycles. The molecule has 3 aliphatic heterocycles. The summed E-state index contributed by atoms with van der Waals surface area (Å²) in [5.74, 6) is -0.147. The van der Waals surface area contributed by atoms with Crippen LogP contribution in [-0.4, -0.2) is 40.7 Å². The molecule has 31 heavy (non-hydrogen) atoms. The van der Waals surface area contributed by atoms with Gasteiger partial charge in [0.15, 0.2) is 0 Å². The Labute approximate surface area is 184 Å². The number of aliphatic hydroxyl groups excluding tert-OH is 1. The summed E-state index contributed by atoms with van der Waals surface area (Å²) in [6.45, 7) is 6.69. The molecule has 2 N–H and O–H groups in total. The average molecular weight is 441 g/mol. The Morgan fingerprint density at radius 2 is 2.06 bits per heavy atom. The number of rotatable bonds is 3. The highest BCUT2D eigenvalue weighted by Gasteiger charge is 2.38. The van der Waals surface area contributed by atoms with E-state index in [-0.39, 0.29) is 17.8 Å². The Hall–Kier alpha value is -2.48. The molecule has 3 aliphatic rings. The van der Waals surface area contributed by atoms with Crippen molar-refractivity contribution in [2.24, 2.45) is 0 Å². The summed E-state index contributed by atoms with van der Waals surface area (Å²) < 4.78 is 19.8. The zero-order valence-electron chi connectivity index (χ0n) is 17.6. The lowest BCUT2D eigenvalue weighted by molar-refractivity contribution is -0.111. The number of likely N-dealkylation sites (tertiary alicyclic amines) is 1. The van der Waals surface area contributed by atoms with E-state index in [0.717, 1.165) is 43.6 Å². The van der Waals surface area contributed by atoms with Crippen molar-refractivity contribution in [1.82, 2.24) is 4.90 Å². The monoisotopic (exact) mass is 440 g/mol. The number of benzene rings is 1. The van der Waals surface area contributed by atoms with Gasteiger partial charge in [-0.2, -0.15) is 0 Å². The largest absolute Gasteiger partial charge is 0.482 e. The molecule has 0 aliphatic carbocycles. The number of nitrogens with one attached hydrogen (secondary N) is 1. The zero-order chi connectivity index (χ0) is 21.8. The summed E-state index contributed by atoms with van der Waals surface area (Å²) in [4.78, 5) is 16.3. The molecule has 1 amide bonds. The Balaban J connectivity index is 1.44. The van der Waals surface area contributed by atoms with Crippen molar-refractivity contribution in [3.63, 3.8) is 0 Å². The first-order valence-corrected chi connectivity index (χ1v) is 11.4. The fourth-order valence-electron chi connectivity index (χ4n) is 4.51. The molecule has 162 valence electrons. The van der Waals surface area contributed by atoms with E-state index in [1.165, 1.54) is 17.0 Å². The number of ether oxygens (including phenoxy) is 1. The number of piperidine rings is 1. The van der Waals surface area contributed by atoms with Gasteiger partial charge in [0.05, 0.1) is 17.4 Å². The van der Waals surface area contributed by atoms with Gasteiger partial charge in [-0.25, -0.2) is 4.39 Å². The second kappa shape index (κ2) is 7.58. The molecule has 5 rings (SSSR count). The van der Waals surface area contributed by atoms with Crippen molar-refractivity contribution < 1.29 is 19.0 Å². The van der Waals surface area contributed by atoms with Crippen molar-refractivity contribution in [1.29, 1.82) is 0 Å². The maximum Gasteiger partial charge on any atom is 0.260 e. The number of halogens is 1. The van der Waals surface area contributed by atoms with Crippen LogP contribution in [-0.2, 0) is 16.1 Å². The van der Waals surface area contributed by atoms with Gasteiger partial charge >= 0.3 is 0 Å². The first-order chi connectivity index (χ1) is 14.8. The predicted molar refractivity (Wildman–Crippen MR) is 120 cm³/mol. The average Bonchev–Trinajstić information content (AvgIpc) is 3.37. The quantitative estimate of drug-likeness (QED) is 0.695. The molecule has 1 fully saturated rings. The number of nitrogens with zero attached hydrogens (tertiary/aromatic N) is 1. The van der Waals surface area contributed by atoms with Crippen LogP contribution in [0.2, 0.25) is 0 Å². The summed E-state index contributed by atoms with van der Waals surface area (Å²) in [6.07, 6.45) is 3.43. The molecule has 0 saturated carbocycles. The van der Waals surface area contributed by atoms with E-state index in [1.54, 1.807) is 17.4 Å². The number of carbonyl (C=O) groups excluding carboxylic acids is 1. The molecule has 0 spiro atoms. The maximum atomic E-state index is 13.6. The van der Waals surface area contributed by atoms with Gasteiger partial charge in [-0.1, -0.05) is 0 Å². The molecule has 1 aromatic heterocycles. The molecule has 1 aromatic carbocycles. The van der Waals surface area contributed by atoms with Gasteiger partial charge in [0.2, 0.25) is 0 Å². The van der Waals surface area contributed by atoms with Crippen LogP contribution in [0.4, 0.5) is 10.1 Å². The lowest BCUT2D eigenvalue weighted by Crippen LogP contribution is -2.35. The number of allylic oxidation sites excluding steroid dienone is 1. The summed E-state index contributed by atoms with van der Waals surface area (Å²) in [5, 5.41) is 14.6. The van der Waals surface area contributed by atoms with E-state index in [0.29, 0.717) is 22.6 Å². The number of hydrogen-bond donors (Lipinski definition) is 2. The van der Waals surface area contributed by atoms with E-state index in [2.05, 4.69) is 21.7 Å². The third-order valence-corrected chi connectivity index (χ3v) is 7.08. The smallest absolute Gasteiger partial charge is 0.260 e. The number of anilines is 1. The van der Waals surface area contributed by atoms with Crippen LogP contribution in [0.15, 0.2) is 41.5 Å². The molecule has 0 radical (unpaired) electrons. The number of aliphatic hydroxyl groups is 1. The number of amides is 1. The number of thiophene rings is 1. The Kier molecular flexibility index (Phi) is 5.00. The minimum atomic E-state index is -0.584. The highest BCUT2D eigenvalue weighted by atomic mass is 32.1. The Morgan fingerprint density at radius 1 is 1.29 bits per heavy atom. The standard InChI is InChI=1S/C24H25FN2O3S/c1-24(2)19(14-9-17(31-13-14)12-27-7-5-16(28)6-8-27)11-21(30-24)22-18-4-3-15(25)10-20(18)26-23(22)29/h3-4,9-11,13,16,28H,5-8,12H2,1-2H3,(H,26,29)/b22-21+. The van der Waals surface area contributed by atoms with Crippen molar-refractivity contribution in [2.75, 3.05) is 18.4 Å². The van der Waals surface area contributed by atoms with Gasteiger partial charge in [0.1, 0.15) is 17.2 Å². The first kappa shape index (κ1) is 20.4. The van der Waals surface area contributed by atoms with Crippen molar-refractivity contribution in [3.8, 4) is 0 Å². The van der Waals surface area contributed by atoms with E-state index < -0.39 is 5.60 Å². The van der Waals surface area contributed by atoms with Crippen LogP contribution in [0.5, 0.6) is 0 Å². The second-order valence-electron chi connectivity index (χ2n) is 8.86. The van der Waals surface area contributed by atoms with Crippen molar-refractivity contribution in [3.05, 3.63) is 63.3 Å². The summed E-state index contributed by atoms with van der Waals surface area (Å²) in [6, 6.07) is 6.50. The van der Waals surface area contributed by atoms with Gasteiger partial charge in [0, 0.05) is 35.6 Å². The number of hydrogen-bond acceptors (Lipinski definition) is 5. The first-order valence-electron chi connectivity index (χ1n) is 10.5. The summed E-state index contributed by atoms with van der Waals surface area (Å²) >= 11 is 1.72. The molecular formula is C24H25FN2O3S. The fraction of sp³-hybridized carbons (Fsp3) is 0.375. The highest BCUT2D eigenvalue weighted by molar-refractivity contribution is 7.10. The van der Waals surface area contributed by atoms with Crippen LogP contribution >= 0.6 is 11.3 Å². The minimum Gasteiger partial charge on any atom is -0.482 e.